The van der Waals surface area contributed by atoms with Crippen LogP contribution in [0, 0.1) is 11.8 Å². The topological polar surface area (TPSA) is 46.9 Å². The molecule has 0 spiro atoms. The van der Waals surface area contributed by atoms with Crippen LogP contribution >= 0.6 is 11.6 Å². The highest BCUT2D eigenvalue weighted by molar-refractivity contribution is 6.35. The first-order valence-electron chi connectivity index (χ1n) is 7.12. The molecule has 1 N–H and O–H groups in total. The summed E-state index contributed by atoms with van der Waals surface area (Å²) in [6, 6.07) is 5.78. The van der Waals surface area contributed by atoms with Crippen molar-refractivity contribution in [2.45, 2.75) is 19.4 Å². The Labute approximate surface area is 121 Å². The number of fused-ring (bicyclic) bond motifs is 2. The first-order valence-corrected chi connectivity index (χ1v) is 7.50. The number of aromatic nitrogens is 2. The van der Waals surface area contributed by atoms with Crippen molar-refractivity contribution in [2.24, 2.45) is 11.8 Å². The van der Waals surface area contributed by atoms with Gasteiger partial charge in [0, 0.05) is 25.6 Å². The first kappa shape index (κ1) is 12.4. The molecule has 1 saturated carbocycles. The maximum absolute atomic E-state index is 12.9. The van der Waals surface area contributed by atoms with E-state index in [2.05, 4.69) is 10.3 Å². The van der Waals surface area contributed by atoms with E-state index in [1.54, 1.807) is 6.07 Å². The van der Waals surface area contributed by atoms with Crippen LogP contribution in [0.3, 0.4) is 0 Å². The van der Waals surface area contributed by atoms with Crippen LogP contribution in [-0.2, 0) is 6.42 Å². The molecule has 1 aromatic heterocycles. The Morgan fingerprint density at radius 2 is 2.15 bits per heavy atom. The molecule has 20 heavy (non-hydrogen) atoms. The fraction of sp³-hybridized carbons (Fsp3) is 0.467. The molecule has 2 unspecified atom stereocenters. The van der Waals surface area contributed by atoms with Gasteiger partial charge in [0.15, 0.2) is 0 Å². The molecule has 1 aromatic carbocycles. The molecule has 0 amide bonds. The predicted octanol–water partition coefficient (Wildman–Crippen LogP) is 2.00. The van der Waals surface area contributed by atoms with E-state index in [0.717, 1.165) is 25.3 Å². The highest BCUT2D eigenvalue weighted by Crippen LogP contribution is 2.52. The fourth-order valence-electron chi connectivity index (χ4n) is 3.57. The molecule has 2 heterocycles. The smallest absolute Gasteiger partial charge is 0.263 e. The van der Waals surface area contributed by atoms with Gasteiger partial charge in [-0.3, -0.25) is 9.36 Å². The third-order valence-electron chi connectivity index (χ3n) is 4.61. The second-order valence-corrected chi connectivity index (χ2v) is 6.07. The number of nitrogens with zero attached hydrogens (tertiary/aromatic N) is 2. The molecule has 2 aliphatic rings. The van der Waals surface area contributed by atoms with E-state index in [-0.39, 0.29) is 5.56 Å². The van der Waals surface area contributed by atoms with Gasteiger partial charge in [-0.15, -0.1) is 0 Å². The van der Waals surface area contributed by atoms with Gasteiger partial charge in [0.1, 0.15) is 5.82 Å². The monoisotopic (exact) mass is 289 g/mol. The molecule has 1 saturated heterocycles. The summed E-state index contributed by atoms with van der Waals surface area (Å²) in [5.74, 6) is 2.05. The summed E-state index contributed by atoms with van der Waals surface area (Å²) < 4.78 is 1.91. The molecule has 4 nitrogen and oxygen atoms in total. The summed E-state index contributed by atoms with van der Waals surface area (Å²) >= 11 is 6.21. The van der Waals surface area contributed by atoms with Gasteiger partial charge in [-0.1, -0.05) is 24.6 Å². The van der Waals surface area contributed by atoms with Gasteiger partial charge < -0.3 is 5.32 Å². The van der Waals surface area contributed by atoms with Crippen molar-refractivity contribution in [1.82, 2.24) is 14.9 Å². The lowest BCUT2D eigenvalue weighted by Gasteiger charge is -2.15. The van der Waals surface area contributed by atoms with Crippen molar-refractivity contribution in [3.05, 3.63) is 39.4 Å². The van der Waals surface area contributed by atoms with E-state index in [9.17, 15) is 4.79 Å². The molecule has 4 rings (SSSR count). The van der Waals surface area contributed by atoms with Crippen LogP contribution in [0.15, 0.2) is 23.0 Å². The minimum atomic E-state index is 0.0249. The predicted molar refractivity (Wildman–Crippen MR) is 79.3 cm³/mol. The second kappa shape index (κ2) is 4.30. The van der Waals surface area contributed by atoms with Crippen LogP contribution in [0.2, 0.25) is 5.02 Å². The Balaban J connectivity index is 1.97. The van der Waals surface area contributed by atoms with Crippen molar-refractivity contribution in [2.75, 3.05) is 13.1 Å². The summed E-state index contributed by atoms with van der Waals surface area (Å²) in [4.78, 5) is 17.5. The fourth-order valence-corrected chi connectivity index (χ4v) is 3.82. The second-order valence-electron chi connectivity index (χ2n) is 5.67. The van der Waals surface area contributed by atoms with Crippen molar-refractivity contribution < 1.29 is 0 Å². The average Bonchev–Trinajstić information content (AvgIpc) is 2.90. The van der Waals surface area contributed by atoms with E-state index in [1.165, 1.54) is 0 Å². The van der Waals surface area contributed by atoms with Crippen LogP contribution in [-0.4, -0.2) is 22.6 Å². The van der Waals surface area contributed by atoms with Crippen molar-refractivity contribution in [1.29, 1.82) is 0 Å². The quantitative estimate of drug-likeness (QED) is 0.920. The van der Waals surface area contributed by atoms with Crippen LogP contribution < -0.4 is 10.9 Å². The average molecular weight is 290 g/mol. The van der Waals surface area contributed by atoms with Gasteiger partial charge in [0.05, 0.1) is 15.9 Å². The Morgan fingerprint density at radius 1 is 1.40 bits per heavy atom. The van der Waals surface area contributed by atoms with E-state index in [4.69, 9.17) is 11.6 Å². The summed E-state index contributed by atoms with van der Waals surface area (Å²) in [5.41, 5.74) is 0.733. The van der Waals surface area contributed by atoms with Crippen molar-refractivity contribution in [3.63, 3.8) is 0 Å². The van der Waals surface area contributed by atoms with E-state index >= 15 is 0 Å². The molecular formula is C15H16ClN3O. The Bertz CT molecular complexity index is 745. The molecule has 1 aliphatic heterocycles. The minimum Gasteiger partial charge on any atom is -0.316 e. The highest BCUT2D eigenvalue weighted by Gasteiger charge is 2.55. The molecule has 2 fully saturated rings. The van der Waals surface area contributed by atoms with Crippen LogP contribution in [0.5, 0.6) is 0 Å². The lowest BCUT2D eigenvalue weighted by molar-refractivity contribution is 0.532. The molecule has 1 aliphatic carbocycles. The molecule has 5 heteroatoms. The normalized spacial score (nSPS) is 27.8. The van der Waals surface area contributed by atoms with Gasteiger partial charge in [-0.2, -0.15) is 0 Å². The minimum absolute atomic E-state index is 0.0249. The third-order valence-corrected chi connectivity index (χ3v) is 4.93. The summed E-state index contributed by atoms with van der Waals surface area (Å²) in [5, 5.41) is 4.43. The molecule has 104 valence electrons. The Kier molecular flexibility index (Phi) is 2.66. The van der Waals surface area contributed by atoms with E-state index in [1.807, 2.05) is 23.6 Å². The summed E-state index contributed by atoms with van der Waals surface area (Å²) in [6.45, 7) is 4.06. The van der Waals surface area contributed by atoms with E-state index < -0.39 is 0 Å². The zero-order valence-electron chi connectivity index (χ0n) is 11.3. The standard InChI is InChI=1S/C15H16ClN3O/c1-2-12-18-11-5-3-4-10(16)13(11)15(20)19(12)14-8-6-17-7-9(8)14/h3-5,8-9,14,17H,2,6-7H2,1H3/t8-,9?,14?/m1/s1. The third kappa shape index (κ3) is 1.58. The zero-order valence-corrected chi connectivity index (χ0v) is 12.0. The lowest BCUT2D eigenvalue weighted by atomic mass is 10.2. The van der Waals surface area contributed by atoms with Crippen molar-refractivity contribution in [3.8, 4) is 0 Å². The lowest BCUT2D eigenvalue weighted by Crippen LogP contribution is -2.28. The Hall–Kier alpha value is -1.39. The van der Waals surface area contributed by atoms with Crippen LogP contribution in [0.25, 0.3) is 10.9 Å². The van der Waals surface area contributed by atoms with Crippen LogP contribution in [0.4, 0.5) is 0 Å². The first-order chi connectivity index (χ1) is 9.72. The highest BCUT2D eigenvalue weighted by atomic mass is 35.5. The van der Waals surface area contributed by atoms with Gasteiger partial charge in [-0.25, -0.2) is 4.98 Å². The van der Waals surface area contributed by atoms with Crippen LogP contribution in [0.1, 0.15) is 18.8 Å². The molecule has 2 aromatic rings. The number of benzene rings is 1. The number of nitrogens with one attached hydrogen (secondary N) is 1. The number of piperidine rings is 1. The summed E-state index contributed by atoms with van der Waals surface area (Å²) in [6.07, 6.45) is 0.765. The number of hydrogen-bond donors (Lipinski definition) is 1. The van der Waals surface area contributed by atoms with Gasteiger partial charge >= 0.3 is 0 Å². The largest absolute Gasteiger partial charge is 0.316 e. The maximum Gasteiger partial charge on any atom is 0.263 e. The molecular weight excluding hydrogens is 274 g/mol. The summed E-state index contributed by atoms with van der Waals surface area (Å²) in [7, 11) is 0. The van der Waals surface area contributed by atoms with Gasteiger partial charge in [0.25, 0.3) is 5.56 Å². The van der Waals surface area contributed by atoms with Gasteiger partial charge in [0.2, 0.25) is 0 Å². The maximum atomic E-state index is 12.9. The molecule has 3 atom stereocenters. The number of aryl methyl sites for hydroxylation is 1. The Morgan fingerprint density at radius 3 is 2.85 bits per heavy atom. The number of rotatable bonds is 2. The molecule has 0 radical (unpaired) electrons. The van der Waals surface area contributed by atoms with Gasteiger partial charge in [-0.05, 0) is 24.0 Å². The SMILES string of the molecule is CCc1nc2cccc(Cl)c2c(=O)n1C1C2CNC[C@H]21. The molecule has 0 bridgehead atoms. The zero-order chi connectivity index (χ0) is 13.9. The number of hydrogen-bond acceptors (Lipinski definition) is 3. The van der Waals surface area contributed by atoms with Crippen molar-refractivity contribution >= 4 is 22.5 Å². The van der Waals surface area contributed by atoms with E-state index in [0.29, 0.717) is 33.8 Å². The number of halogens is 1.